The van der Waals surface area contributed by atoms with Gasteiger partial charge in [-0.2, -0.15) is 0 Å². The van der Waals surface area contributed by atoms with Gasteiger partial charge in [0.05, 0.1) is 0 Å². The molecule has 0 N–H and O–H groups in total. The number of unbranched alkanes of at least 4 members (excludes halogenated alkanes) is 1. The summed E-state index contributed by atoms with van der Waals surface area (Å²) < 4.78 is 1.20. The SMILES string of the molecule is CCCCc1ccccc1-c1cc2c(cc1Br)C=CC2C. The predicted octanol–water partition coefficient (Wildman–Crippen LogP) is 6.59. The molecule has 21 heavy (non-hydrogen) atoms. The molecule has 0 spiro atoms. The summed E-state index contributed by atoms with van der Waals surface area (Å²) in [6.07, 6.45) is 8.16. The maximum atomic E-state index is 3.77. The van der Waals surface area contributed by atoms with Crippen LogP contribution >= 0.6 is 15.9 Å². The number of halogens is 1. The lowest BCUT2D eigenvalue weighted by atomic mass is 9.92. The summed E-state index contributed by atoms with van der Waals surface area (Å²) in [5.74, 6) is 0.523. The molecule has 0 saturated heterocycles. The summed E-state index contributed by atoms with van der Waals surface area (Å²) in [5.41, 5.74) is 6.96. The molecule has 1 aliphatic rings. The fraction of sp³-hybridized carbons (Fsp3) is 0.300. The second-order valence-electron chi connectivity index (χ2n) is 5.87. The maximum absolute atomic E-state index is 3.77. The second kappa shape index (κ2) is 6.19. The topological polar surface area (TPSA) is 0 Å². The van der Waals surface area contributed by atoms with Gasteiger partial charge >= 0.3 is 0 Å². The molecule has 1 atom stereocenters. The fourth-order valence-corrected chi connectivity index (χ4v) is 3.65. The first-order valence-corrected chi connectivity index (χ1v) is 8.60. The lowest BCUT2D eigenvalue weighted by Crippen LogP contribution is -1.94. The first-order chi connectivity index (χ1) is 10.2. The van der Waals surface area contributed by atoms with Crippen LogP contribution < -0.4 is 0 Å². The highest BCUT2D eigenvalue weighted by molar-refractivity contribution is 9.10. The third-order valence-corrected chi connectivity index (χ3v) is 4.99. The summed E-state index contributed by atoms with van der Waals surface area (Å²) in [6, 6.07) is 13.5. The second-order valence-corrected chi connectivity index (χ2v) is 6.72. The zero-order chi connectivity index (χ0) is 14.8. The minimum absolute atomic E-state index is 0.523. The van der Waals surface area contributed by atoms with Crippen LogP contribution in [0, 0.1) is 0 Å². The van der Waals surface area contributed by atoms with Crippen LogP contribution in [-0.2, 0) is 6.42 Å². The Morgan fingerprint density at radius 3 is 2.71 bits per heavy atom. The highest BCUT2D eigenvalue weighted by atomic mass is 79.9. The van der Waals surface area contributed by atoms with E-state index in [0.29, 0.717) is 5.92 Å². The number of hydrogen-bond acceptors (Lipinski definition) is 0. The average Bonchev–Trinajstić information content (AvgIpc) is 2.85. The van der Waals surface area contributed by atoms with E-state index in [2.05, 4.69) is 78.3 Å². The lowest BCUT2D eigenvalue weighted by molar-refractivity contribution is 0.796. The number of benzene rings is 2. The van der Waals surface area contributed by atoms with E-state index in [1.807, 2.05) is 0 Å². The monoisotopic (exact) mass is 340 g/mol. The van der Waals surface area contributed by atoms with Gasteiger partial charge in [-0.15, -0.1) is 0 Å². The normalized spacial score (nSPS) is 16.2. The van der Waals surface area contributed by atoms with Crippen LogP contribution in [0.3, 0.4) is 0 Å². The number of aryl methyl sites for hydroxylation is 1. The van der Waals surface area contributed by atoms with Gasteiger partial charge in [0.1, 0.15) is 0 Å². The molecule has 1 heteroatoms. The molecular formula is C20H21Br. The van der Waals surface area contributed by atoms with Gasteiger partial charge < -0.3 is 0 Å². The Balaban J connectivity index is 2.07. The van der Waals surface area contributed by atoms with Gasteiger partial charge in [-0.3, -0.25) is 0 Å². The van der Waals surface area contributed by atoms with E-state index >= 15 is 0 Å². The molecule has 3 rings (SSSR count). The van der Waals surface area contributed by atoms with E-state index in [9.17, 15) is 0 Å². The highest BCUT2D eigenvalue weighted by Crippen LogP contribution is 2.39. The molecular weight excluding hydrogens is 320 g/mol. The summed E-state index contributed by atoms with van der Waals surface area (Å²) >= 11 is 3.77. The van der Waals surface area contributed by atoms with Crippen molar-refractivity contribution in [3.8, 4) is 11.1 Å². The predicted molar refractivity (Wildman–Crippen MR) is 95.6 cm³/mol. The van der Waals surface area contributed by atoms with Crippen LogP contribution in [0.15, 0.2) is 46.9 Å². The molecule has 0 aromatic heterocycles. The van der Waals surface area contributed by atoms with Crippen molar-refractivity contribution in [2.75, 3.05) is 0 Å². The molecule has 0 amide bonds. The minimum Gasteiger partial charge on any atom is -0.0767 e. The van der Waals surface area contributed by atoms with Gasteiger partial charge in [0.15, 0.2) is 0 Å². The molecule has 0 fully saturated rings. The van der Waals surface area contributed by atoms with E-state index in [-0.39, 0.29) is 0 Å². The number of fused-ring (bicyclic) bond motifs is 1. The third-order valence-electron chi connectivity index (χ3n) is 4.33. The van der Waals surface area contributed by atoms with E-state index in [0.717, 1.165) is 6.42 Å². The standard InChI is InChI=1S/C20H21Br/c1-3-4-7-15-8-5-6-9-17(15)19-13-18-14(2)10-11-16(18)12-20(19)21/h5-6,8-14H,3-4,7H2,1-2H3. The Morgan fingerprint density at radius 1 is 1.10 bits per heavy atom. The molecule has 0 aliphatic heterocycles. The summed E-state index contributed by atoms with van der Waals surface area (Å²) in [5, 5.41) is 0. The first-order valence-electron chi connectivity index (χ1n) is 7.80. The van der Waals surface area contributed by atoms with Crippen LogP contribution in [0.4, 0.5) is 0 Å². The zero-order valence-electron chi connectivity index (χ0n) is 12.7. The van der Waals surface area contributed by atoms with Crippen LogP contribution in [0.2, 0.25) is 0 Å². The summed E-state index contributed by atoms with van der Waals surface area (Å²) in [7, 11) is 0. The molecule has 0 saturated carbocycles. The summed E-state index contributed by atoms with van der Waals surface area (Å²) in [4.78, 5) is 0. The summed E-state index contributed by atoms with van der Waals surface area (Å²) in [6.45, 7) is 4.52. The molecule has 0 radical (unpaired) electrons. The van der Waals surface area contributed by atoms with Gasteiger partial charge in [-0.1, -0.05) is 72.6 Å². The minimum atomic E-state index is 0.523. The van der Waals surface area contributed by atoms with Crippen molar-refractivity contribution in [3.05, 3.63) is 63.6 Å². The molecule has 108 valence electrons. The number of rotatable bonds is 4. The quantitative estimate of drug-likeness (QED) is 0.588. The highest BCUT2D eigenvalue weighted by Gasteiger charge is 2.17. The smallest absolute Gasteiger partial charge is 0.0259 e. The molecule has 0 heterocycles. The van der Waals surface area contributed by atoms with Gasteiger partial charge in [-0.05, 0) is 58.7 Å². The Kier molecular flexibility index (Phi) is 4.30. The molecule has 2 aromatic rings. The van der Waals surface area contributed by atoms with Crippen molar-refractivity contribution in [2.24, 2.45) is 0 Å². The van der Waals surface area contributed by atoms with Crippen molar-refractivity contribution in [1.29, 1.82) is 0 Å². The van der Waals surface area contributed by atoms with Crippen LogP contribution in [-0.4, -0.2) is 0 Å². The molecule has 2 aromatic carbocycles. The van der Waals surface area contributed by atoms with Crippen molar-refractivity contribution < 1.29 is 0 Å². The average molecular weight is 341 g/mol. The molecule has 1 unspecified atom stereocenters. The lowest BCUT2D eigenvalue weighted by Gasteiger charge is -2.14. The number of allylic oxidation sites excluding steroid dienone is 1. The fourth-order valence-electron chi connectivity index (χ4n) is 3.07. The maximum Gasteiger partial charge on any atom is 0.0259 e. The van der Waals surface area contributed by atoms with E-state index < -0.39 is 0 Å². The molecule has 1 aliphatic carbocycles. The van der Waals surface area contributed by atoms with Gasteiger partial charge in [0.25, 0.3) is 0 Å². The van der Waals surface area contributed by atoms with Gasteiger partial charge in [0, 0.05) is 4.47 Å². The Labute approximate surface area is 136 Å². The van der Waals surface area contributed by atoms with Crippen molar-refractivity contribution in [1.82, 2.24) is 0 Å². The first kappa shape index (κ1) is 14.6. The Morgan fingerprint density at radius 2 is 1.90 bits per heavy atom. The van der Waals surface area contributed by atoms with Crippen molar-refractivity contribution in [3.63, 3.8) is 0 Å². The van der Waals surface area contributed by atoms with Crippen molar-refractivity contribution >= 4 is 22.0 Å². The third kappa shape index (κ3) is 2.85. The molecule has 0 bridgehead atoms. The van der Waals surface area contributed by atoms with Crippen LogP contribution in [0.25, 0.3) is 17.2 Å². The number of hydrogen-bond donors (Lipinski definition) is 0. The van der Waals surface area contributed by atoms with E-state index in [1.165, 1.54) is 45.1 Å². The van der Waals surface area contributed by atoms with Crippen LogP contribution in [0.5, 0.6) is 0 Å². The van der Waals surface area contributed by atoms with E-state index in [1.54, 1.807) is 0 Å². The Hall–Kier alpha value is -1.34. The Bertz CT molecular complexity index is 682. The van der Waals surface area contributed by atoms with Crippen molar-refractivity contribution in [2.45, 2.75) is 39.0 Å². The zero-order valence-corrected chi connectivity index (χ0v) is 14.3. The largest absolute Gasteiger partial charge is 0.0767 e. The van der Waals surface area contributed by atoms with Crippen LogP contribution in [0.1, 0.15) is 49.3 Å². The van der Waals surface area contributed by atoms with E-state index in [4.69, 9.17) is 0 Å². The van der Waals surface area contributed by atoms with Gasteiger partial charge in [0.2, 0.25) is 0 Å². The van der Waals surface area contributed by atoms with Gasteiger partial charge in [-0.25, -0.2) is 0 Å². The molecule has 0 nitrogen and oxygen atoms in total.